The van der Waals surface area contributed by atoms with Crippen LogP contribution in [0.1, 0.15) is 6.92 Å². The molecule has 6 nitrogen and oxygen atoms in total. The fraction of sp³-hybridized carbons (Fsp3) is 0.250. The Morgan fingerprint density at radius 2 is 1.78 bits per heavy atom. The van der Waals surface area contributed by atoms with Crippen molar-refractivity contribution in [2.75, 3.05) is 6.54 Å². The van der Waals surface area contributed by atoms with Gasteiger partial charge in [0.25, 0.3) is 0 Å². The largest absolute Gasteiger partial charge is 0.741 e. The fourth-order valence-corrected chi connectivity index (χ4v) is 1.47. The van der Waals surface area contributed by atoms with Gasteiger partial charge in [0.1, 0.15) is 0 Å². The van der Waals surface area contributed by atoms with E-state index in [9.17, 15) is 13.2 Å². The molecule has 1 aliphatic heterocycles. The quantitative estimate of drug-likeness (QED) is 0.350. The Bertz CT molecular complexity index is 650. The van der Waals surface area contributed by atoms with E-state index in [0.29, 0.717) is 0 Å². The van der Waals surface area contributed by atoms with Gasteiger partial charge in [-0.3, -0.25) is 0 Å². The maximum atomic E-state index is 10.7. The third-order valence-corrected chi connectivity index (χ3v) is 3.12. The lowest BCUT2D eigenvalue weighted by Gasteiger charge is -2.21. The van der Waals surface area contributed by atoms with Gasteiger partial charge >= 0.3 is 12.6 Å². The van der Waals surface area contributed by atoms with Crippen molar-refractivity contribution in [2.24, 2.45) is 0 Å². The van der Waals surface area contributed by atoms with Gasteiger partial charge in [-0.2, -0.15) is 13.2 Å². The second kappa shape index (κ2) is 8.02. The number of allylic oxidation sites excluding steroid dienone is 2. The second-order valence-electron chi connectivity index (χ2n) is 4.19. The fourth-order valence-electron chi connectivity index (χ4n) is 1.47. The third kappa shape index (κ3) is 6.32. The van der Waals surface area contributed by atoms with Crippen molar-refractivity contribution in [3.8, 4) is 0 Å². The maximum absolute atomic E-state index is 10.7. The van der Waals surface area contributed by atoms with Gasteiger partial charge < -0.3 is 14.1 Å². The second-order valence-corrected chi connectivity index (χ2v) is 5.56. The van der Waals surface area contributed by atoms with E-state index in [1.165, 1.54) is 0 Å². The molecular formula is C12H14BF3N2O4S. The number of hydrogen-bond donors (Lipinski definition) is 0. The van der Waals surface area contributed by atoms with Crippen molar-refractivity contribution in [1.82, 2.24) is 4.81 Å². The van der Waals surface area contributed by atoms with Gasteiger partial charge in [0.2, 0.25) is 12.4 Å². The highest BCUT2D eigenvalue weighted by molar-refractivity contribution is 7.86. The molecule has 1 aromatic rings. The van der Waals surface area contributed by atoms with Crippen LogP contribution in [-0.2, 0) is 10.1 Å². The first kappa shape index (κ1) is 19.0. The molecule has 1 aliphatic rings. The Kier molecular flexibility index (Phi) is 6.64. The van der Waals surface area contributed by atoms with Gasteiger partial charge in [-0.1, -0.05) is 12.1 Å². The zero-order valence-electron chi connectivity index (χ0n) is 12.1. The monoisotopic (exact) mass is 350 g/mol. The maximum Gasteiger partial charge on any atom is 0.595 e. The Labute approximate surface area is 132 Å². The summed E-state index contributed by atoms with van der Waals surface area (Å²) in [7, 11) is -6.11. The Hall–Kier alpha value is -2.01. The molecule has 0 spiro atoms. The van der Waals surface area contributed by atoms with Crippen LogP contribution >= 0.6 is 0 Å². The molecule has 0 atom stereocenters. The molecule has 0 aliphatic carbocycles. The lowest BCUT2D eigenvalue weighted by atomic mass is 9.79. The topological polar surface area (TPSA) is 73.5 Å². The van der Waals surface area contributed by atoms with Crippen LogP contribution in [0.25, 0.3) is 0 Å². The molecule has 0 amide bonds. The normalized spacial score (nSPS) is 14.3. The van der Waals surface area contributed by atoms with E-state index in [4.69, 9.17) is 17.7 Å². The van der Waals surface area contributed by atoms with E-state index in [0.717, 1.165) is 6.54 Å². The molecule has 11 heteroatoms. The highest BCUT2D eigenvalue weighted by Crippen LogP contribution is 2.20. The summed E-state index contributed by atoms with van der Waals surface area (Å²) in [5.74, 6) is 2.03. The van der Waals surface area contributed by atoms with E-state index in [1.54, 1.807) is 4.73 Å². The van der Waals surface area contributed by atoms with Crippen LogP contribution in [0.2, 0.25) is 0 Å². The molecule has 2 heterocycles. The van der Waals surface area contributed by atoms with Crippen molar-refractivity contribution in [3.63, 3.8) is 0 Å². The Balaban J connectivity index is 0.000000284. The number of halogens is 3. The molecule has 0 radical (unpaired) electrons. The summed E-state index contributed by atoms with van der Waals surface area (Å²) in [6.45, 7) is 3.04. The van der Waals surface area contributed by atoms with Crippen LogP contribution in [0.15, 0.2) is 54.9 Å². The number of nitrogens with zero attached hydrogens (tertiary/aromatic N) is 2. The van der Waals surface area contributed by atoms with Gasteiger partial charge in [-0.15, -0.1) is 0 Å². The van der Waals surface area contributed by atoms with Crippen molar-refractivity contribution in [3.05, 3.63) is 54.9 Å². The van der Waals surface area contributed by atoms with Crippen LogP contribution in [0.4, 0.5) is 13.2 Å². The highest BCUT2D eigenvalue weighted by atomic mass is 32.2. The van der Waals surface area contributed by atoms with Crippen LogP contribution in [0.3, 0.4) is 0 Å². The lowest BCUT2D eigenvalue weighted by molar-refractivity contribution is -0.862. The zero-order chi connectivity index (χ0) is 17.5. The molecule has 1 aromatic heterocycles. The van der Waals surface area contributed by atoms with E-state index < -0.39 is 15.6 Å². The van der Waals surface area contributed by atoms with Crippen molar-refractivity contribution in [2.45, 2.75) is 12.4 Å². The first-order valence-corrected chi connectivity index (χ1v) is 7.82. The minimum Gasteiger partial charge on any atom is -0.741 e. The molecule has 0 unspecified atom stereocenters. The average Bonchev–Trinajstić information content (AvgIpc) is 2.47. The molecule has 0 bridgehead atoms. The molecule has 23 heavy (non-hydrogen) atoms. The molecule has 0 saturated carbocycles. The van der Waals surface area contributed by atoms with Crippen molar-refractivity contribution >= 4 is 17.2 Å². The molecule has 0 aromatic carbocycles. The van der Waals surface area contributed by atoms with Crippen LogP contribution in [-0.4, -0.2) is 36.9 Å². The predicted octanol–water partition coefficient (Wildman–Crippen LogP) is 0.887. The average molecular weight is 350 g/mol. The predicted molar refractivity (Wildman–Crippen MR) is 75.4 cm³/mol. The lowest BCUT2D eigenvalue weighted by Crippen LogP contribution is -2.55. The SMILES string of the molecule is CCN1C=CC=CB1O[n+]1ccccc1.O=S(=O)([O-])C(F)(F)F. The minimum absolute atomic E-state index is 0.0209. The standard InChI is InChI=1S/C11H14BN2O.CHF3O3S/c1-2-13-9-7-4-8-12(13)15-14-10-5-3-6-11-14;2-1(3,4)8(5,6)7/h3-11H,2H2,1H3;(H,5,6,7)/q+1;/p-1. The summed E-state index contributed by atoms with van der Waals surface area (Å²) < 4.78 is 66.4. The summed E-state index contributed by atoms with van der Waals surface area (Å²) in [5, 5.41) is 0. The van der Waals surface area contributed by atoms with E-state index in [-0.39, 0.29) is 7.05 Å². The van der Waals surface area contributed by atoms with Crippen LogP contribution in [0, 0.1) is 0 Å². The summed E-state index contributed by atoms with van der Waals surface area (Å²) in [6, 6.07) is 5.85. The Morgan fingerprint density at radius 3 is 2.26 bits per heavy atom. The third-order valence-electron chi connectivity index (χ3n) is 2.56. The van der Waals surface area contributed by atoms with Gasteiger partial charge in [0.05, 0.1) is 0 Å². The highest BCUT2D eigenvalue weighted by Gasteiger charge is 2.36. The molecule has 126 valence electrons. The van der Waals surface area contributed by atoms with E-state index in [1.807, 2.05) is 54.9 Å². The number of hydrogen-bond acceptors (Lipinski definition) is 5. The molecule has 2 rings (SSSR count). The number of rotatable bonds is 3. The summed E-state index contributed by atoms with van der Waals surface area (Å²) in [5.41, 5.74) is -5.65. The molecule has 0 fully saturated rings. The first-order valence-electron chi connectivity index (χ1n) is 6.41. The van der Waals surface area contributed by atoms with Gasteiger partial charge in [0, 0.05) is 18.7 Å². The van der Waals surface area contributed by atoms with Crippen LogP contribution < -0.4 is 9.49 Å². The summed E-state index contributed by atoms with van der Waals surface area (Å²) >= 11 is 0. The Morgan fingerprint density at radius 1 is 1.22 bits per heavy atom. The molecular weight excluding hydrogens is 336 g/mol. The first-order chi connectivity index (χ1) is 10.6. The van der Waals surface area contributed by atoms with Crippen molar-refractivity contribution < 1.29 is 35.6 Å². The summed E-state index contributed by atoms with van der Waals surface area (Å²) in [4.78, 5) is 2.12. The van der Waals surface area contributed by atoms with E-state index in [2.05, 4.69) is 11.7 Å². The van der Waals surface area contributed by atoms with Crippen molar-refractivity contribution in [1.29, 1.82) is 0 Å². The van der Waals surface area contributed by atoms with Gasteiger partial charge in [0.15, 0.2) is 10.1 Å². The van der Waals surface area contributed by atoms with Gasteiger partial charge in [-0.05, 0) is 29.9 Å². The van der Waals surface area contributed by atoms with Crippen LogP contribution in [0.5, 0.6) is 0 Å². The number of alkyl halides is 3. The minimum atomic E-state index is -6.09. The van der Waals surface area contributed by atoms with Gasteiger partial charge in [-0.25, -0.2) is 8.42 Å². The molecule has 0 saturated heterocycles. The number of pyridine rings is 1. The smallest absolute Gasteiger partial charge is 0.595 e. The van der Waals surface area contributed by atoms with E-state index >= 15 is 0 Å². The summed E-state index contributed by atoms with van der Waals surface area (Å²) in [6.07, 6.45) is 9.83. The number of aromatic nitrogens is 1. The molecule has 0 N–H and O–H groups in total. The zero-order valence-corrected chi connectivity index (χ0v) is 12.9.